The van der Waals surface area contributed by atoms with Crippen LogP contribution >= 0.6 is 0 Å². The monoisotopic (exact) mass is 284 g/mol. The quantitative estimate of drug-likeness (QED) is 0.677. The summed E-state index contributed by atoms with van der Waals surface area (Å²) in [4.78, 5) is 11.9. The van der Waals surface area contributed by atoms with Crippen LogP contribution in [-0.2, 0) is 0 Å². The summed E-state index contributed by atoms with van der Waals surface area (Å²) < 4.78 is 10.2. The van der Waals surface area contributed by atoms with Gasteiger partial charge in [-0.1, -0.05) is 0 Å². The first-order valence-corrected chi connectivity index (χ1v) is 6.39. The molecular weight excluding hydrogens is 268 g/mol. The van der Waals surface area contributed by atoms with Crippen LogP contribution in [-0.4, -0.2) is 18.7 Å². The maximum Gasteiger partial charge on any atom is 0.271 e. The van der Waals surface area contributed by atoms with Crippen molar-refractivity contribution in [3.05, 3.63) is 60.1 Å². The van der Waals surface area contributed by atoms with Crippen LogP contribution < -0.4 is 10.2 Å². The molecule has 2 aromatic rings. The Morgan fingerprint density at radius 3 is 2.67 bits per heavy atom. The second-order valence-corrected chi connectivity index (χ2v) is 4.27. The Balaban J connectivity index is 1.94. The van der Waals surface area contributed by atoms with E-state index in [4.69, 9.17) is 9.15 Å². The Labute approximate surface area is 122 Å². The minimum atomic E-state index is -0.275. The Morgan fingerprint density at radius 1 is 1.29 bits per heavy atom. The molecule has 1 amide bonds. The predicted octanol–water partition coefficient (Wildman–Crippen LogP) is 3.11. The molecule has 108 valence electrons. The summed E-state index contributed by atoms with van der Waals surface area (Å²) in [5.41, 5.74) is 3.67. The molecule has 1 aromatic heterocycles. The zero-order valence-electron chi connectivity index (χ0n) is 11.9. The van der Waals surface area contributed by atoms with E-state index in [9.17, 15) is 4.79 Å². The first kappa shape index (κ1) is 14.6. The maximum absolute atomic E-state index is 11.9. The highest BCUT2D eigenvalue weighted by atomic mass is 16.5. The molecule has 0 aliphatic carbocycles. The predicted molar refractivity (Wildman–Crippen MR) is 81.3 cm³/mol. The smallest absolute Gasteiger partial charge is 0.271 e. The van der Waals surface area contributed by atoms with Crippen molar-refractivity contribution in [3.63, 3.8) is 0 Å². The molecule has 0 spiro atoms. The fraction of sp³-hybridized carbons (Fsp3) is 0.125. The number of allylic oxidation sites excluding steroid dienone is 1. The fourth-order valence-electron chi connectivity index (χ4n) is 1.57. The number of carbonyl (C=O) groups excluding carboxylic acids is 1. The van der Waals surface area contributed by atoms with Gasteiger partial charge in [0.1, 0.15) is 11.5 Å². The third-order valence-corrected chi connectivity index (χ3v) is 2.72. The van der Waals surface area contributed by atoms with Crippen molar-refractivity contribution in [2.75, 3.05) is 7.11 Å². The molecule has 5 heteroatoms. The number of carbonyl (C=O) groups is 1. The van der Waals surface area contributed by atoms with E-state index in [1.165, 1.54) is 0 Å². The van der Waals surface area contributed by atoms with E-state index in [-0.39, 0.29) is 5.91 Å². The average molecular weight is 284 g/mol. The first-order valence-electron chi connectivity index (χ1n) is 6.39. The number of furan rings is 1. The lowest BCUT2D eigenvalue weighted by Gasteiger charge is -2.02. The standard InChI is InChI=1S/C16H16N2O3/c1-12(5-8-15-4-3-11-21-15)17-18-16(19)13-6-9-14(20-2)10-7-13/h3-11H,1-2H3,(H,18,19)/b8-5+,17-12-. The molecule has 1 N–H and O–H groups in total. The van der Waals surface area contributed by atoms with Crippen LogP contribution in [0.25, 0.3) is 6.08 Å². The van der Waals surface area contributed by atoms with Gasteiger partial charge in [-0.25, -0.2) is 5.43 Å². The van der Waals surface area contributed by atoms with E-state index >= 15 is 0 Å². The number of ether oxygens (including phenoxy) is 1. The van der Waals surface area contributed by atoms with Crippen molar-refractivity contribution in [1.29, 1.82) is 0 Å². The molecule has 0 aliphatic rings. The zero-order chi connectivity index (χ0) is 15.1. The minimum absolute atomic E-state index is 0.275. The van der Waals surface area contributed by atoms with Crippen LogP contribution in [0, 0.1) is 0 Å². The number of nitrogens with zero attached hydrogens (tertiary/aromatic N) is 1. The van der Waals surface area contributed by atoms with Crippen LogP contribution in [0.15, 0.2) is 58.3 Å². The highest BCUT2D eigenvalue weighted by Crippen LogP contribution is 2.11. The van der Waals surface area contributed by atoms with Gasteiger partial charge in [-0.2, -0.15) is 5.10 Å². The van der Waals surface area contributed by atoms with Gasteiger partial charge in [-0.3, -0.25) is 4.79 Å². The molecule has 0 fully saturated rings. The highest BCUT2D eigenvalue weighted by molar-refractivity contribution is 5.99. The van der Waals surface area contributed by atoms with Gasteiger partial charge >= 0.3 is 0 Å². The molecule has 0 atom stereocenters. The SMILES string of the molecule is COc1ccc(C(=O)N/N=C(C)\C=C\c2ccco2)cc1. The second-order valence-electron chi connectivity index (χ2n) is 4.27. The lowest BCUT2D eigenvalue weighted by atomic mass is 10.2. The summed E-state index contributed by atoms with van der Waals surface area (Å²) in [5, 5.41) is 4.00. The van der Waals surface area contributed by atoms with E-state index < -0.39 is 0 Å². The summed E-state index contributed by atoms with van der Waals surface area (Å²) in [6.45, 7) is 1.79. The number of hydrogen-bond donors (Lipinski definition) is 1. The van der Waals surface area contributed by atoms with E-state index in [0.717, 1.165) is 5.76 Å². The summed E-state index contributed by atoms with van der Waals surface area (Å²) in [5.74, 6) is 1.15. The van der Waals surface area contributed by atoms with Gasteiger partial charge in [0.25, 0.3) is 5.91 Å². The molecule has 1 aromatic carbocycles. The molecule has 0 saturated carbocycles. The van der Waals surface area contributed by atoms with Gasteiger partial charge in [0.2, 0.25) is 0 Å². The summed E-state index contributed by atoms with van der Waals surface area (Å²) >= 11 is 0. The van der Waals surface area contributed by atoms with E-state index in [2.05, 4.69) is 10.5 Å². The summed E-state index contributed by atoms with van der Waals surface area (Å²) in [7, 11) is 1.58. The molecule has 0 radical (unpaired) electrons. The minimum Gasteiger partial charge on any atom is -0.497 e. The van der Waals surface area contributed by atoms with Gasteiger partial charge in [0.15, 0.2) is 0 Å². The van der Waals surface area contributed by atoms with Crippen LogP contribution in [0.2, 0.25) is 0 Å². The first-order chi connectivity index (χ1) is 10.2. The van der Waals surface area contributed by atoms with Gasteiger partial charge < -0.3 is 9.15 Å². The third-order valence-electron chi connectivity index (χ3n) is 2.72. The Kier molecular flexibility index (Phi) is 4.93. The Bertz CT molecular complexity index is 641. The largest absolute Gasteiger partial charge is 0.497 e. The second kappa shape index (κ2) is 7.09. The molecule has 1 heterocycles. The molecule has 0 saturated heterocycles. The van der Waals surface area contributed by atoms with Crippen molar-refractivity contribution in [2.24, 2.45) is 5.10 Å². The number of rotatable bonds is 5. The topological polar surface area (TPSA) is 63.8 Å². The number of amides is 1. The van der Waals surface area contributed by atoms with Gasteiger partial charge in [0, 0.05) is 5.56 Å². The van der Waals surface area contributed by atoms with Crippen LogP contribution in [0.3, 0.4) is 0 Å². The lowest BCUT2D eigenvalue weighted by Crippen LogP contribution is -2.18. The number of nitrogens with one attached hydrogen (secondary N) is 1. The van der Waals surface area contributed by atoms with Gasteiger partial charge in [-0.15, -0.1) is 0 Å². The summed E-state index contributed by atoms with van der Waals surface area (Å²) in [6, 6.07) is 10.4. The van der Waals surface area contributed by atoms with Crippen LogP contribution in [0.5, 0.6) is 5.75 Å². The molecule has 5 nitrogen and oxygen atoms in total. The van der Waals surface area contributed by atoms with E-state index in [0.29, 0.717) is 17.0 Å². The highest BCUT2D eigenvalue weighted by Gasteiger charge is 2.04. The fourth-order valence-corrected chi connectivity index (χ4v) is 1.57. The zero-order valence-corrected chi connectivity index (χ0v) is 11.9. The Morgan fingerprint density at radius 2 is 2.05 bits per heavy atom. The molecular formula is C16H16N2O3. The Hall–Kier alpha value is -2.82. The summed E-state index contributed by atoms with van der Waals surface area (Å²) in [6.07, 6.45) is 5.13. The van der Waals surface area contributed by atoms with Crippen LogP contribution in [0.4, 0.5) is 0 Å². The third kappa shape index (κ3) is 4.35. The van der Waals surface area contributed by atoms with Gasteiger partial charge in [-0.05, 0) is 55.5 Å². The van der Waals surface area contributed by atoms with Crippen molar-refractivity contribution in [3.8, 4) is 5.75 Å². The van der Waals surface area contributed by atoms with E-state index in [1.807, 2.05) is 6.07 Å². The average Bonchev–Trinajstić information content (AvgIpc) is 3.04. The number of methoxy groups -OCH3 is 1. The number of hydrogen-bond acceptors (Lipinski definition) is 4. The lowest BCUT2D eigenvalue weighted by molar-refractivity contribution is 0.0955. The number of hydrazone groups is 1. The van der Waals surface area contributed by atoms with Crippen molar-refractivity contribution < 1.29 is 13.9 Å². The molecule has 0 bridgehead atoms. The molecule has 0 unspecified atom stereocenters. The number of benzene rings is 1. The maximum atomic E-state index is 11.9. The van der Waals surface area contributed by atoms with Crippen LogP contribution in [0.1, 0.15) is 23.0 Å². The van der Waals surface area contributed by atoms with E-state index in [1.54, 1.807) is 62.8 Å². The molecule has 21 heavy (non-hydrogen) atoms. The molecule has 2 rings (SSSR count). The normalized spacial score (nSPS) is 11.6. The van der Waals surface area contributed by atoms with Crippen molar-refractivity contribution in [1.82, 2.24) is 5.43 Å². The van der Waals surface area contributed by atoms with Crippen molar-refractivity contribution in [2.45, 2.75) is 6.92 Å². The van der Waals surface area contributed by atoms with Gasteiger partial charge in [0.05, 0.1) is 19.1 Å². The van der Waals surface area contributed by atoms with Crippen molar-refractivity contribution >= 4 is 17.7 Å². The molecule has 0 aliphatic heterocycles.